The predicted octanol–water partition coefficient (Wildman–Crippen LogP) is 5.94. The second kappa shape index (κ2) is 9.72. The maximum absolute atomic E-state index is 12.4. The van der Waals surface area contributed by atoms with Gasteiger partial charge in [-0.1, -0.05) is 54.1 Å². The lowest BCUT2D eigenvalue weighted by Gasteiger charge is -2.42. The van der Waals surface area contributed by atoms with Crippen molar-refractivity contribution >= 4 is 30.9 Å². The SMILES string of the molecule is Cc1ccc([S+](c2ccccc2)c2ccccc2)cc1.O=S1(=O)[N-]S(=O)(=O)C(F)(F)C(F)(F)C1(F)F. The molecule has 1 fully saturated rings. The summed E-state index contributed by atoms with van der Waals surface area (Å²) < 4.78 is 117. The van der Waals surface area contributed by atoms with Crippen LogP contribution in [0.1, 0.15) is 5.56 Å². The molecule has 3 aromatic rings. The van der Waals surface area contributed by atoms with Crippen LogP contribution in [-0.2, 0) is 30.9 Å². The Balaban J connectivity index is 0.000000207. The molecule has 0 aliphatic carbocycles. The number of hydrogen-bond acceptors (Lipinski definition) is 4. The molecule has 14 heteroatoms. The Hall–Kier alpha value is -2.55. The molecular weight excluding hydrogens is 552 g/mol. The van der Waals surface area contributed by atoms with Gasteiger partial charge in [0.05, 0.1) is 10.9 Å². The van der Waals surface area contributed by atoms with Crippen LogP contribution >= 0.6 is 0 Å². The first kappa shape index (κ1) is 28.0. The number of hydrogen-bond donors (Lipinski definition) is 0. The Morgan fingerprint density at radius 2 is 0.917 bits per heavy atom. The van der Waals surface area contributed by atoms with Crippen molar-refractivity contribution in [3.8, 4) is 0 Å². The summed E-state index contributed by atoms with van der Waals surface area (Å²) in [5, 5.41) is -12.6. The van der Waals surface area contributed by atoms with Crippen LogP contribution in [-0.4, -0.2) is 33.3 Å². The fraction of sp³-hybridized carbons (Fsp3) is 0.182. The summed E-state index contributed by atoms with van der Waals surface area (Å²) >= 11 is 0. The molecular formula is C22H17F6NO4S3. The van der Waals surface area contributed by atoms with Crippen LogP contribution in [0, 0.1) is 6.92 Å². The van der Waals surface area contributed by atoms with E-state index in [-0.39, 0.29) is 10.9 Å². The van der Waals surface area contributed by atoms with E-state index in [0.29, 0.717) is 0 Å². The molecule has 3 aromatic carbocycles. The second-order valence-electron chi connectivity index (χ2n) is 7.38. The van der Waals surface area contributed by atoms with E-state index in [2.05, 4.69) is 91.9 Å². The highest BCUT2D eigenvalue weighted by Crippen LogP contribution is 2.57. The molecule has 0 unspecified atom stereocenters. The minimum Gasteiger partial charge on any atom is -0.425 e. The third kappa shape index (κ3) is 4.86. The van der Waals surface area contributed by atoms with E-state index in [1.165, 1.54) is 20.2 Å². The molecule has 0 saturated carbocycles. The average Bonchev–Trinajstić information content (AvgIpc) is 2.81. The smallest absolute Gasteiger partial charge is 0.399 e. The van der Waals surface area contributed by atoms with Crippen molar-refractivity contribution in [3.05, 3.63) is 94.6 Å². The molecule has 0 amide bonds. The van der Waals surface area contributed by atoms with Gasteiger partial charge in [-0.05, 0) is 43.3 Å². The molecule has 0 aromatic heterocycles. The van der Waals surface area contributed by atoms with Gasteiger partial charge in [0.25, 0.3) is 0 Å². The van der Waals surface area contributed by atoms with Crippen LogP contribution in [0.2, 0.25) is 0 Å². The minimum absolute atomic E-state index is 0.0229. The Labute approximate surface area is 206 Å². The van der Waals surface area contributed by atoms with Crippen molar-refractivity contribution < 1.29 is 43.2 Å². The Bertz CT molecular complexity index is 1330. The van der Waals surface area contributed by atoms with Crippen molar-refractivity contribution in [2.45, 2.75) is 38.0 Å². The van der Waals surface area contributed by atoms with Crippen molar-refractivity contribution in [3.63, 3.8) is 0 Å². The molecule has 1 aliphatic heterocycles. The van der Waals surface area contributed by atoms with Gasteiger partial charge < -0.3 is 4.13 Å². The molecule has 0 spiro atoms. The first-order valence-electron chi connectivity index (χ1n) is 9.83. The molecule has 194 valence electrons. The molecule has 1 saturated heterocycles. The van der Waals surface area contributed by atoms with Gasteiger partial charge in [-0.15, -0.1) is 0 Å². The topological polar surface area (TPSA) is 82.4 Å². The lowest BCUT2D eigenvalue weighted by Crippen LogP contribution is -2.64. The highest BCUT2D eigenvalue weighted by Gasteiger charge is 2.81. The van der Waals surface area contributed by atoms with Gasteiger partial charge in [-0.25, -0.2) is 16.8 Å². The van der Waals surface area contributed by atoms with Gasteiger partial charge in [0.2, 0.25) is 0 Å². The monoisotopic (exact) mass is 569 g/mol. The lowest BCUT2D eigenvalue weighted by atomic mass is 10.2. The van der Waals surface area contributed by atoms with Crippen LogP contribution in [0.5, 0.6) is 0 Å². The van der Waals surface area contributed by atoms with E-state index >= 15 is 0 Å². The Morgan fingerprint density at radius 1 is 0.583 bits per heavy atom. The van der Waals surface area contributed by atoms with Gasteiger partial charge in [-0.3, -0.25) is 0 Å². The highest BCUT2D eigenvalue weighted by atomic mass is 32.3. The van der Waals surface area contributed by atoms with Crippen molar-refractivity contribution in [2.75, 3.05) is 0 Å². The van der Waals surface area contributed by atoms with Crippen LogP contribution in [0.25, 0.3) is 4.13 Å². The largest absolute Gasteiger partial charge is 0.425 e. The molecule has 0 bridgehead atoms. The number of alkyl halides is 6. The zero-order valence-electron chi connectivity index (χ0n) is 18.2. The number of rotatable bonds is 3. The van der Waals surface area contributed by atoms with Gasteiger partial charge in [0.15, 0.2) is 34.7 Å². The summed E-state index contributed by atoms with van der Waals surface area (Å²) in [5.41, 5.74) is 1.30. The van der Waals surface area contributed by atoms with Crippen molar-refractivity contribution in [2.24, 2.45) is 0 Å². The molecule has 36 heavy (non-hydrogen) atoms. The van der Waals surface area contributed by atoms with Gasteiger partial charge >= 0.3 is 16.4 Å². The average molecular weight is 570 g/mol. The van der Waals surface area contributed by atoms with E-state index in [1.807, 2.05) is 0 Å². The van der Waals surface area contributed by atoms with Crippen LogP contribution < -0.4 is 0 Å². The summed E-state index contributed by atoms with van der Waals surface area (Å²) in [6, 6.07) is 30.4. The van der Waals surface area contributed by atoms with E-state index in [1.54, 1.807) is 0 Å². The molecule has 5 nitrogen and oxygen atoms in total. The minimum atomic E-state index is -6.60. The molecule has 1 heterocycles. The number of nitrogens with zero attached hydrogens (tertiary/aromatic N) is 1. The maximum atomic E-state index is 12.4. The van der Waals surface area contributed by atoms with Gasteiger partial charge in [-0.2, -0.15) is 26.3 Å². The Kier molecular flexibility index (Phi) is 7.57. The number of aryl methyl sites for hydroxylation is 1. The first-order valence-corrected chi connectivity index (χ1v) is 13.9. The fourth-order valence-corrected chi connectivity index (χ4v) is 7.75. The van der Waals surface area contributed by atoms with Crippen molar-refractivity contribution in [1.29, 1.82) is 0 Å². The summed E-state index contributed by atoms with van der Waals surface area (Å²) in [5.74, 6) is -6.60. The first-order chi connectivity index (χ1) is 16.6. The molecule has 0 atom stereocenters. The number of benzene rings is 3. The van der Waals surface area contributed by atoms with Crippen molar-refractivity contribution in [1.82, 2.24) is 0 Å². The summed E-state index contributed by atoms with van der Waals surface area (Å²) in [6.45, 7) is 2.13. The van der Waals surface area contributed by atoms with Crippen LogP contribution in [0.4, 0.5) is 26.3 Å². The molecule has 4 rings (SSSR count). The van der Waals surface area contributed by atoms with E-state index < -0.39 is 36.5 Å². The highest BCUT2D eigenvalue weighted by molar-refractivity contribution is 8.13. The quantitative estimate of drug-likeness (QED) is 0.289. The molecule has 1 aliphatic rings. The van der Waals surface area contributed by atoms with E-state index in [9.17, 15) is 43.2 Å². The zero-order valence-corrected chi connectivity index (χ0v) is 20.6. The fourth-order valence-electron chi connectivity index (χ4n) is 2.91. The Morgan fingerprint density at radius 3 is 1.28 bits per heavy atom. The van der Waals surface area contributed by atoms with Crippen LogP contribution in [0.15, 0.2) is 99.6 Å². The van der Waals surface area contributed by atoms with Gasteiger partial charge in [0.1, 0.15) is 0 Å². The third-order valence-electron chi connectivity index (χ3n) is 4.79. The molecule has 0 N–H and O–H groups in total. The summed E-state index contributed by atoms with van der Waals surface area (Å²) in [6.07, 6.45) is 0. The summed E-state index contributed by atoms with van der Waals surface area (Å²) in [4.78, 5) is 4.10. The van der Waals surface area contributed by atoms with E-state index in [4.69, 9.17) is 0 Å². The maximum Gasteiger partial charge on any atom is 0.399 e. The second-order valence-corrected chi connectivity index (χ2v) is 12.9. The zero-order chi connectivity index (χ0) is 27.0. The third-order valence-corrected chi connectivity index (χ3v) is 10.4. The number of halogens is 6. The van der Waals surface area contributed by atoms with E-state index in [0.717, 1.165) is 4.13 Å². The lowest BCUT2D eigenvalue weighted by molar-refractivity contribution is -0.244. The number of sulfonamides is 2. The standard InChI is InChI=1S/C19H17S.C3F6NO4S2/c1-16-12-14-19(15-13-16)20(17-8-4-2-5-9-17)18-10-6-3-7-11-18;4-1(5)2(6,7)15(11,12)10-16(13,14)3(1,8)9/h2-15H,1H3;/q+1;-1. The summed E-state index contributed by atoms with van der Waals surface area (Å²) in [7, 11) is -13.2. The van der Waals surface area contributed by atoms with Crippen LogP contribution in [0.3, 0.4) is 0 Å². The molecule has 0 radical (unpaired) electrons. The van der Waals surface area contributed by atoms with Gasteiger partial charge in [0, 0.05) is 0 Å². The predicted molar refractivity (Wildman–Crippen MR) is 122 cm³/mol. The normalized spacial score (nSPS) is 20.7.